The molecular weight excluding hydrogens is 248 g/mol. The number of likely N-dealkylation sites (N-methyl/N-ethyl adjacent to an activating group) is 1. The lowest BCUT2D eigenvalue weighted by molar-refractivity contribution is 0.259. The molecule has 0 fully saturated rings. The van der Waals surface area contributed by atoms with E-state index < -0.39 is 0 Å². The van der Waals surface area contributed by atoms with E-state index in [0.717, 1.165) is 45.0 Å². The first kappa shape index (κ1) is 19.0. The Morgan fingerprint density at radius 3 is 2.55 bits per heavy atom. The van der Waals surface area contributed by atoms with Gasteiger partial charge in [0.25, 0.3) is 0 Å². The van der Waals surface area contributed by atoms with Gasteiger partial charge in [-0.1, -0.05) is 13.0 Å². The van der Waals surface area contributed by atoms with E-state index in [0.29, 0.717) is 6.04 Å². The molecule has 1 unspecified atom stereocenters. The Morgan fingerprint density at radius 1 is 1.30 bits per heavy atom. The molecule has 118 valence electrons. The molecule has 0 aliphatic rings. The van der Waals surface area contributed by atoms with Crippen LogP contribution in [0.4, 0.5) is 0 Å². The summed E-state index contributed by atoms with van der Waals surface area (Å²) in [6.45, 7) is 14.1. The average molecular weight is 282 g/mol. The van der Waals surface area contributed by atoms with Crippen molar-refractivity contribution in [3.05, 3.63) is 12.7 Å². The van der Waals surface area contributed by atoms with Crippen molar-refractivity contribution in [2.24, 2.45) is 4.99 Å². The Morgan fingerprint density at radius 2 is 2.00 bits per heavy atom. The molecule has 0 rings (SSSR count). The van der Waals surface area contributed by atoms with E-state index in [1.165, 1.54) is 6.42 Å². The number of hydrogen-bond donors (Lipinski definition) is 1. The van der Waals surface area contributed by atoms with Gasteiger partial charge in [-0.2, -0.15) is 0 Å². The average Bonchev–Trinajstić information content (AvgIpc) is 2.45. The molecule has 4 heteroatoms. The zero-order valence-electron chi connectivity index (χ0n) is 14.2. The second kappa shape index (κ2) is 11.8. The number of nitrogens with zero attached hydrogens (tertiary/aromatic N) is 3. The molecule has 0 heterocycles. The summed E-state index contributed by atoms with van der Waals surface area (Å²) in [6, 6.07) is 0.623. The highest BCUT2D eigenvalue weighted by Crippen LogP contribution is 1.99. The third-order valence-corrected chi connectivity index (χ3v) is 3.66. The van der Waals surface area contributed by atoms with E-state index in [-0.39, 0.29) is 0 Å². The monoisotopic (exact) mass is 282 g/mol. The van der Waals surface area contributed by atoms with Crippen LogP contribution in [0, 0.1) is 0 Å². The van der Waals surface area contributed by atoms with Gasteiger partial charge in [0.15, 0.2) is 5.96 Å². The fourth-order valence-electron chi connectivity index (χ4n) is 1.89. The summed E-state index contributed by atoms with van der Waals surface area (Å²) >= 11 is 0. The second-order valence-electron chi connectivity index (χ2n) is 5.33. The lowest BCUT2D eigenvalue weighted by atomic mass is 10.2. The minimum atomic E-state index is 0.623. The highest BCUT2D eigenvalue weighted by atomic mass is 15.3. The standard InChI is InChI=1S/C16H34N4/c1-7-10-11-13-20(6)16(17-9-3)18-12-14-19(5)15(4)8-2/h7,15H,1,8-14H2,2-6H3,(H,17,18). The minimum Gasteiger partial charge on any atom is -0.357 e. The van der Waals surface area contributed by atoms with Gasteiger partial charge >= 0.3 is 0 Å². The minimum absolute atomic E-state index is 0.623. The normalized spacial score (nSPS) is 13.4. The largest absolute Gasteiger partial charge is 0.357 e. The maximum Gasteiger partial charge on any atom is 0.193 e. The Labute approximate surface area is 125 Å². The van der Waals surface area contributed by atoms with Crippen LogP contribution in [0.2, 0.25) is 0 Å². The molecule has 1 atom stereocenters. The summed E-state index contributed by atoms with van der Waals surface area (Å²) < 4.78 is 0. The summed E-state index contributed by atoms with van der Waals surface area (Å²) in [6.07, 6.45) is 5.33. The zero-order chi connectivity index (χ0) is 15.4. The summed E-state index contributed by atoms with van der Waals surface area (Å²) in [7, 11) is 4.27. The molecule has 0 aromatic carbocycles. The van der Waals surface area contributed by atoms with Crippen molar-refractivity contribution < 1.29 is 0 Å². The van der Waals surface area contributed by atoms with Crippen molar-refractivity contribution in [3.63, 3.8) is 0 Å². The fraction of sp³-hybridized carbons (Fsp3) is 0.812. The van der Waals surface area contributed by atoms with Crippen LogP contribution in [-0.2, 0) is 0 Å². The Bertz CT molecular complexity index is 276. The third-order valence-electron chi connectivity index (χ3n) is 3.66. The van der Waals surface area contributed by atoms with Gasteiger partial charge < -0.3 is 15.1 Å². The van der Waals surface area contributed by atoms with E-state index in [1.54, 1.807) is 0 Å². The van der Waals surface area contributed by atoms with Gasteiger partial charge in [-0.3, -0.25) is 4.99 Å². The zero-order valence-corrected chi connectivity index (χ0v) is 14.2. The van der Waals surface area contributed by atoms with Crippen LogP contribution in [0.5, 0.6) is 0 Å². The predicted octanol–water partition coefficient (Wildman–Crippen LogP) is 2.58. The molecule has 0 amide bonds. The van der Waals surface area contributed by atoms with Crippen molar-refractivity contribution in [3.8, 4) is 0 Å². The maximum atomic E-state index is 4.71. The molecule has 20 heavy (non-hydrogen) atoms. The topological polar surface area (TPSA) is 30.9 Å². The van der Waals surface area contributed by atoms with Crippen molar-refractivity contribution in [1.29, 1.82) is 0 Å². The highest BCUT2D eigenvalue weighted by Gasteiger charge is 2.07. The van der Waals surface area contributed by atoms with Crippen molar-refractivity contribution in [2.75, 3.05) is 40.3 Å². The molecule has 0 saturated heterocycles. The molecule has 0 aliphatic carbocycles. The first-order chi connectivity index (χ1) is 9.56. The molecule has 0 bridgehead atoms. The number of rotatable bonds is 10. The molecule has 0 radical (unpaired) electrons. The number of aliphatic imine (C=N–C) groups is 1. The highest BCUT2D eigenvalue weighted by molar-refractivity contribution is 5.79. The van der Waals surface area contributed by atoms with E-state index >= 15 is 0 Å². The third kappa shape index (κ3) is 8.20. The first-order valence-electron chi connectivity index (χ1n) is 7.87. The lowest BCUT2D eigenvalue weighted by Gasteiger charge is -2.24. The van der Waals surface area contributed by atoms with Crippen LogP contribution < -0.4 is 5.32 Å². The van der Waals surface area contributed by atoms with Crippen molar-refractivity contribution >= 4 is 5.96 Å². The van der Waals surface area contributed by atoms with E-state index in [1.807, 2.05) is 6.08 Å². The van der Waals surface area contributed by atoms with Crippen molar-refractivity contribution in [1.82, 2.24) is 15.1 Å². The molecule has 0 aromatic heterocycles. The summed E-state index contributed by atoms with van der Waals surface area (Å²) in [5.41, 5.74) is 0. The van der Waals surface area contributed by atoms with E-state index in [4.69, 9.17) is 4.99 Å². The number of nitrogens with one attached hydrogen (secondary N) is 1. The van der Waals surface area contributed by atoms with E-state index in [2.05, 4.69) is 56.6 Å². The smallest absolute Gasteiger partial charge is 0.193 e. The SMILES string of the molecule is C=CCCCN(C)C(=NCCN(C)C(C)CC)NCC. The van der Waals surface area contributed by atoms with Gasteiger partial charge in [-0.15, -0.1) is 6.58 Å². The molecular formula is C16H34N4. The molecule has 4 nitrogen and oxygen atoms in total. The van der Waals surface area contributed by atoms with E-state index in [9.17, 15) is 0 Å². The van der Waals surface area contributed by atoms with Crippen LogP contribution >= 0.6 is 0 Å². The van der Waals surface area contributed by atoms with Crippen LogP contribution in [0.3, 0.4) is 0 Å². The summed E-state index contributed by atoms with van der Waals surface area (Å²) in [5.74, 6) is 1.01. The summed E-state index contributed by atoms with van der Waals surface area (Å²) in [5, 5.41) is 3.36. The van der Waals surface area contributed by atoms with Gasteiger partial charge in [-0.25, -0.2) is 0 Å². The van der Waals surface area contributed by atoms with Crippen LogP contribution in [0.15, 0.2) is 17.6 Å². The van der Waals surface area contributed by atoms with Gasteiger partial charge in [0.05, 0.1) is 6.54 Å². The number of unbranched alkanes of at least 4 members (excludes halogenated alkanes) is 1. The predicted molar refractivity (Wildman–Crippen MR) is 90.4 cm³/mol. The van der Waals surface area contributed by atoms with Crippen molar-refractivity contribution in [2.45, 2.75) is 46.1 Å². The number of guanidine groups is 1. The quantitative estimate of drug-likeness (QED) is 0.289. The van der Waals surface area contributed by atoms with Gasteiger partial charge in [0.1, 0.15) is 0 Å². The van der Waals surface area contributed by atoms with Crippen LogP contribution in [0.1, 0.15) is 40.0 Å². The van der Waals surface area contributed by atoms with Crippen LogP contribution in [0.25, 0.3) is 0 Å². The second-order valence-corrected chi connectivity index (χ2v) is 5.33. The van der Waals surface area contributed by atoms with Gasteiger partial charge in [0, 0.05) is 32.7 Å². The molecule has 0 aromatic rings. The lowest BCUT2D eigenvalue weighted by Crippen LogP contribution is -2.40. The molecule has 0 saturated carbocycles. The number of hydrogen-bond acceptors (Lipinski definition) is 2. The fourth-order valence-corrected chi connectivity index (χ4v) is 1.89. The van der Waals surface area contributed by atoms with Gasteiger partial charge in [-0.05, 0) is 40.2 Å². The molecule has 0 aliphatic heterocycles. The Kier molecular flexibility index (Phi) is 11.2. The molecule has 0 spiro atoms. The first-order valence-corrected chi connectivity index (χ1v) is 7.87. The molecule has 1 N–H and O–H groups in total. The Balaban J connectivity index is 4.27. The Hall–Kier alpha value is -1.03. The number of allylic oxidation sites excluding steroid dienone is 1. The maximum absolute atomic E-state index is 4.71. The van der Waals surface area contributed by atoms with Gasteiger partial charge in [0.2, 0.25) is 0 Å². The summed E-state index contributed by atoms with van der Waals surface area (Å²) in [4.78, 5) is 9.28. The van der Waals surface area contributed by atoms with Crippen LogP contribution in [-0.4, -0.2) is 62.1 Å².